The Morgan fingerprint density at radius 2 is 0.757 bits per heavy atom. The van der Waals surface area contributed by atoms with Gasteiger partial charge in [0, 0.05) is 29.4 Å². The van der Waals surface area contributed by atoms with Gasteiger partial charge in [0.25, 0.3) is 0 Å². The maximum Gasteiger partial charge on any atom is 0.337 e. The van der Waals surface area contributed by atoms with Crippen molar-refractivity contribution in [2.24, 2.45) is 35.5 Å². The molecule has 0 unspecified atom stereocenters. The number of hydrogen-bond donors (Lipinski definition) is 0. The number of nitrogens with zero attached hydrogens (tertiary/aromatic N) is 2. The minimum Gasteiger partial charge on any atom is -0.497 e. The predicted octanol–water partition coefficient (Wildman–Crippen LogP) is 18.8. The van der Waals surface area contributed by atoms with Gasteiger partial charge in [-0.1, -0.05) is 161 Å². The van der Waals surface area contributed by atoms with Gasteiger partial charge in [0.05, 0.1) is 91.2 Å². The number of ether oxygens (including phenoxy) is 8. The summed E-state index contributed by atoms with van der Waals surface area (Å²) < 4.78 is 39.7. The molecular weight excluding hydrogens is 1300 g/mol. The van der Waals surface area contributed by atoms with E-state index in [9.17, 15) is 24.0 Å². The zero-order valence-electron chi connectivity index (χ0n) is 62.1. The van der Waals surface area contributed by atoms with Gasteiger partial charge in [-0.25, -0.2) is 38.9 Å². The minimum atomic E-state index is -0.337. The van der Waals surface area contributed by atoms with Gasteiger partial charge in [0.1, 0.15) is 12.4 Å². The van der Waals surface area contributed by atoms with Crippen LogP contribution in [0.2, 0.25) is 0 Å². The first-order valence-corrected chi connectivity index (χ1v) is 35.6. The Hall–Kier alpha value is -9.39. The van der Waals surface area contributed by atoms with Crippen LogP contribution in [-0.2, 0) is 54.3 Å². The van der Waals surface area contributed by atoms with Crippen molar-refractivity contribution in [2.75, 3.05) is 63.0 Å². The number of hydrogen-bond acceptors (Lipinski definition) is 17. The molecule has 0 N–H and O–H groups in total. The lowest BCUT2D eigenvalue weighted by Gasteiger charge is -2.36. The van der Waals surface area contributed by atoms with Gasteiger partial charge in [0.15, 0.2) is 12.1 Å². The van der Waals surface area contributed by atoms with E-state index in [0.717, 1.165) is 92.6 Å². The van der Waals surface area contributed by atoms with E-state index in [1.54, 1.807) is 43.5 Å². The smallest absolute Gasteiger partial charge is 0.337 e. The molecule has 1 saturated heterocycles. The topological polar surface area (TPSA) is 203 Å². The second-order valence-corrected chi connectivity index (χ2v) is 26.9. The number of rotatable bonds is 15. The quantitative estimate of drug-likeness (QED) is 0.0405. The summed E-state index contributed by atoms with van der Waals surface area (Å²) in [5.74, 6) is 5.31. The van der Waals surface area contributed by atoms with Crippen LogP contribution in [0.1, 0.15) is 179 Å². The lowest BCUT2D eigenvalue weighted by Crippen LogP contribution is -2.28. The fraction of sp³-hybridized carbons (Fsp3) is 0.407. The maximum atomic E-state index is 11.5. The summed E-state index contributed by atoms with van der Waals surface area (Å²) in [7, 11) is 10.2. The van der Waals surface area contributed by atoms with E-state index >= 15 is 0 Å². The van der Waals surface area contributed by atoms with Crippen molar-refractivity contribution in [3.63, 3.8) is 0 Å². The molecule has 103 heavy (non-hydrogen) atoms. The summed E-state index contributed by atoms with van der Waals surface area (Å²) in [6.45, 7) is 12.6. The zero-order chi connectivity index (χ0) is 74.0. The Labute approximate surface area is 609 Å². The lowest BCUT2D eigenvalue weighted by atomic mass is 9.69. The summed E-state index contributed by atoms with van der Waals surface area (Å²) in [6, 6.07) is 53.6. The molecule has 548 valence electrons. The average Bonchev–Trinajstić information content (AvgIpc) is 0.883. The molecule has 1 aromatic heterocycles. The predicted molar refractivity (Wildman–Crippen MR) is 400 cm³/mol. The number of esters is 5. The number of methoxy groups -OCH3 is 6. The van der Waals surface area contributed by atoms with Gasteiger partial charge in [-0.15, -0.1) is 0 Å². The standard InChI is InChI=1S/C15H14O3.C15H26O2.C15H20O2.C15H14O2.C13H14N2O2.C13H16O4/c1-17-14-9-7-12(8-10-14)11-3-5-13(6-4-11)15(16)18-2;3*1-11-3-5-12(6-4-11)13-7-9-14(10-8-13)15(16)17-2;1-10-7-14-13(15-8-10)12-5-3-11(4-6-12)9-17-16-2;1-9-7-16-13(17-8-9)11-5-3-10(4-6-11)12(14)15-2/h3-10H,1-2H3;11-14H,3-10H2,1-2H3;7-12H,3-6H2,1-2H3;3-10H,1-2H3;3-8H,9H2,1-2H3;3-6,9,13H,7-8H2,1-2H3. The summed E-state index contributed by atoms with van der Waals surface area (Å²) in [4.78, 5) is 74.6. The molecule has 8 aromatic rings. The van der Waals surface area contributed by atoms with E-state index in [1.807, 2.05) is 116 Å². The molecule has 0 bridgehead atoms. The zero-order valence-corrected chi connectivity index (χ0v) is 62.1. The summed E-state index contributed by atoms with van der Waals surface area (Å²) in [5, 5.41) is 0. The Morgan fingerprint density at radius 1 is 0.388 bits per heavy atom. The highest BCUT2D eigenvalue weighted by Gasteiger charge is 2.33. The molecule has 4 fully saturated rings. The molecule has 2 heterocycles. The van der Waals surface area contributed by atoms with Crippen LogP contribution in [-0.4, -0.2) is 103 Å². The molecule has 17 heteroatoms. The second kappa shape index (κ2) is 42.9. The molecule has 7 aromatic carbocycles. The summed E-state index contributed by atoms with van der Waals surface area (Å²) >= 11 is 0. The Bertz CT molecular complexity index is 3720. The van der Waals surface area contributed by atoms with E-state index < -0.39 is 0 Å². The third kappa shape index (κ3) is 26.1. The van der Waals surface area contributed by atoms with Crippen LogP contribution in [0.15, 0.2) is 182 Å². The number of aryl methyl sites for hydroxylation is 2. The SMILES string of the molecule is COC(=O)C1CCC(C2CCC(C)CC2)CC1.COC(=O)c1ccc(-c2ccc(C)cc2)cc1.COC(=O)c1ccc(-c2ccc(OC)cc2)cc1.COC(=O)c1ccc(C2CCC(C)CC2)cc1.COC(=O)c1ccc(C2OCC(C)CO2)cc1.COOCc1ccc(-c2ncc(C)cn2)cc1. The van der Waals surface area contributed by atoms with E-state index in [1.165, 1.54) is 118 Å². The number of carbonyl (C=O) groups is 5. The van der Waals surface area contributed by atoms with Crippen LogP contribution in [0, 0.1) is 49.4 Å². The van der Waals surface area contributed by atoms with Crippen LogP contribution >= 0.6 is 0 Å². The molecule has 3 saturated carbocycles. The fourth-order valence-electron chi connectivity index (χ4n) is 12.8. The van der Waals surface area contributed by atoms with Crippen molar-refractivity contribution in [1.29, 1.82) is 0 Å². The van der Waals surface area contributed by atoms with Gasteiger partial charge in [-0.05, 0) is 194 Å². The van der Waals surface area contributed by atoms with Gasteiger partial charge in [-0.2, -0.15) is 0 Å². The molecule has 0 atom stereocenters. The Balaban J connectivity index is 0.000000173. The monoisotopic (exact) mass is 1400 g/mol. The van der Waals surface area contributed by atoms with E-state index in [2.05, 4.69) is 93.2 Å². The highest BCUT2D eigenvalue weighted by molar-refractivity contribution is 5.91. The molecule has 0 spiro atoms. The van der Waals surface area contributed by atoms with Crippen LogP contribution in [0.25, 0.3) is 33.6 Å². The first-order valence-electron chi connectivity index (χ1n) is 35.6. The highest BCUT2D eigenvalue weighted by Crippen LogP contribution is 2.42. The Kier molecular flexibility index (Phi) is 33.7. The molecule has 3 aliphatic carbocycles. The van der Waals surface area contributed by atoms with Crippen LogP contribution in [0.5, 0.6) is 5.75 Å². The highest BCUT2D eigenvalue weighted by atomic mass is 17.2. The van der Waals surface area contributed by atoms with Crippen molar-refractivity contribution in [2.45, 2.75) is 130 Å². The van der Waals surface area contributed by atoms with E-state index in [-0.39, 0.29) is 42.1 Å². The van der Waals surface area contributed by atoms with Gasteiger partial charge in [0.2, 0.25) is 0 Å². The first kappa shape index (κ1) is 80.9. The molecule has 4 aliphatic rings. The third-order valence-corrected chi connectivity index (χ3v) is 19.3. The molecule has 17 nitrogen and oxygen atoms in total. The van der Waals surface area contributed by atoms with Crippen molar-refractivity contribution in [1.82, 2.24) is 9.97 Å². The van der Waals surface area contributed by atoms with Crippen LogP contribution < -0.4 is 4.74 Å². The third-order valence-electron chi connectivity index (χ3n) is 19.3. The van der Waals surface area contributed by atoms with Gasteiger partial charge >= 0.3 is 29.8 Å². The van der Waals surface area contributed by atoms with Crippen molar-refractivity contribution >= 4 is 29.8 Å². The van der Waals surface area contributed by atoms with Crippen LogP contribution in [0.3, 0.4) is 0 Å². The normalized spacial score (nSPS) is 19.5. The summed E-state index contributed by atoms with van der Waals surface area (Å²) in [6.07, 6.45) is 18.8. The summed E-state index contributed by atoms with van der Waals surface area (Å²) in [5.41, 5.74) is 13.3. The molecule has 0 radical (unpaired) electrons. The number of aromatic nitrogens is 2. The fourth-order valence-corrected chi connectivity index (χ4v) is 12.8. The minimum absolute atomic E-state index is 0.0146. The van der Waals surface area contributed by atoms with Crippen molar-refractivity contribution < 1.29 is 71.6 Å². The largest absolute Gasteiger partial charge is 0.497 e. The van der Waals surface area contributed by atoms with Crippen molar-refractivity contribution in [3.05, 3.63) is 232 Å². The number of benzene rings is 7. The molecule has 0 amide bonds. The average molecular weight is 1410 g/mol. The van der Waals surface area contributed by atoms with Gasteiger partial charge < -0.3 is 37.9 Å². The molecule has 1 aliphatic heterocycles. The second-order valence-electron chi connectivity index (χ2n) is 26.9. The Morgan fingerprint density at radius 3 is 1.16 bits per heavy atom. The lowest BCUT2D eigenvalue weighted by molar-refractivity contribution is -0.282. The maximum absolute atomic E-state index is 11.5. The van der Waals surface area contributed by atoms with E-state index in [0.29, 0.717) is 53.9 Å². The first-order chi connectivity index (χ1) is 49.8. The number of carbonyl (C=O) groups excluding carboxylic acids is 5. The molecule has 12 rings (SSSR count). The van der Waals surface area contributed by atoms with Gasteiger partial charge in [-0.3, -0.25) is 4.79 Å². The molecular formula is C86H104N2O15. The van der Waals surface area contributed by atoms with E-state index in [4.69, 9.17) is 28.6 Å². The van der Waals surface area contributed by atoms with Crippen molar-refractivity contribution in [3.8, 4) is 39.4 Å². The van der Waals surface area contributed by atoms with Crippen LogP contribution in [0.4, 0.5) is 0 Å².